The standard InChI is InChI=1S/C22H24N8/c23-17-8-1-2-9-18(17)26-22-24-13-12-21(27-22)25-15-6-5-7-16(14-15)30-28-19-10-3-4-11-20(19)29-30/h3-7,10-14,17-18H,1-2,8-9,23H2,(H2,24,25,26,27)/t17-,18+/m0/s1. The Morgan fingerprint density at radius 3 is 2.53 bits per heavy atom. The third-order valence-corrected chi connectivity index (χ3v) is 5.43. The van der Waals surface area contributed by atoms with Gasteiger partial charge in [0.15, 0.2) is 0 Å². The number of fused-ring (bicyclic) bond motifs is 1. The van der Waals surface area contributed by atoms with Crippen LogP contribution in [0, 0.1) is 0 Å². The average Bonchev–Trinajstić information content (AvgIpc) is 3.20. The zero-order valence-electron chi connectivity index (χ0n) is 16.6. The molecule has 0 radical (unpaired) electrons. The third-order valence-electron chi connectivity index (χ3n) is 5.43. The first-order valence-corrected chi connectivity index (χ1v) is 10.3. The minimum absolute atomic E-state index is 0.146. The molecule has 0 saturated heterocycles. The highest BCUT2D eigenvalue weighted by atomic mass is 15.5. The van der Waals surface area contributed by atoms with Crippen LogP contribution in [0.4, 0.5) is 17.5 Å². The number of nitrogens with zero attached hydrogens (tertiary/aromatic N) is 5. The lowest BCUT2D eigenvalue weighted by Gasteiger charge is -2.29. The van der Waals surface area contributed by atoms with E-state index in [1.165, 1.54) is 12.8 Å². The number of anilines is 3. The van der Waals surface area contributed by atoms with E-state index in [-0.39, 0.29) is 12.1 Å². The van der Waals surface area contributed by atoms with Gasteiger partial charge in [0.1, 0.15) is 16.9 Å². The molecule has 2 aromatic heterocycles. The maximum atomic E-state index is 6.24. The van der Waals surface area contributed by atoms with Gasteiger partial charge in [-0.2, -0.15) is 9.78 Å². The Bertz CT molecular complexity index is 1120. The molecule has 30 heavy (non-hydrogen) atoms. The molecule has 2 aromatic carbocycles. The number of aromatic nitrogens is 5. The van der Waals surface area contributed by atoms with Crippen molar-refractivity contribution in [2.24, 2.45) is 5.73 Å². The summed E-state index contributed by atoms with van der Waals surface area (Å²) in [6.07, 6.45) is 6.22. The van der Waals surface area contributed by atoms with E-state index in [9.17, 15) is 0 Å². The summed E-state index contributed by atoms with van der Waals surface area (Å²) in [5, 5.41) is 15.8. The Hall–Kier alpha value is -3.52. The molecule has 2 atom stereocenters. The van der Waals surface area contributed by atoms with Crippen molar-refractivity contribution < 1.29 is 0 Å². The molecular weight excluding hydrogens is 376 g/mol. The number of nitrogens with one attached hydrogen (secondary N) is 2. The lowest BCUT2D eigenvalue weighted by atomic mass is 9.91. The van der Waals surface area contributed by atoms with E-state index in [0.29, 0.717) is 11.8 Å². The van der Waals surface area contributed by atoms with E-state index in [2.05, 4.69) is 30.8 Å². The number of rotatable bonds is 5. The van der Waals surface area contributed by atoms with E-state index in [4.69, 9.17) is 5.73 Å². The first kappa shape index (κ1) is 18.5. The van der Waals surface area contributed by atoms with Crippen LogP contribution in [0.15, 0.2) is 60.8 Å². The molecule has 4 aromatic rings. The average molecular weight is 400 g/mol. The summed E-state index contributed by atoms with van der Waals surface area (Å²) in [5.41, 5.74) is 9.74. The van der Waals surface area contributed by atoms with Gasteiger partial charge >= 0.3 is 0 Å². The van der Waals surface area contributed by atoms with Crippen LogP contribution in [-0.4, -0.2) is 37.0 Å². The molecule has 0 aliphatic heterocycles. The van der Waals surface area contributed by atoms with Crippen molar-refractivity contribution in [1.29, 1.82) is 0 Å². The van der Waals surface area contributed by atoms with Crippen LogP contribution in [0.3, 0.4) is 0 Å². The molecule has 0 bridgehead atoms. The maximum absolute atomic E-state index is 6.24. The molecule has 5 rings (SSSR count). The first-order valence-electron chi connectivity index (χ1n) is 10.3. The Labute approximate surface area is 174 Å². The molecule has 2 heterocycles. The number of hydrogen-bond acceptors (Lipinski definition) is 7. The second kappa shape index (κ2) is 8.08. The van der Waals surface area contributed by atoms with Crippen molar-refractivity contribution in [1.82, 2.24) is 25.0 Å². The fraction of sp³-hybridized carbons (Fsp3) is 0.273. The SMILES string of the molecule is N[C@H]1CCCC[C@H]1Nc1nccc(Nc2cccc(-n3nc4ccccc4n3)c2)n1. The van der Waals surface area contributed by atoms with Crippen LogP contribution in [0.1, 0.15) is 25.7 Å². The van der Waals surface area contributed by atoms with Gasteiger partial charge in [0, 0.05) is 24.0 Å². The highest BCUT2D eigenvalue weighted by molar-refractivity contribution is 5.73. The summed E-state index contributed by atoms with van der Waals surface area (Å²) in [4.78, 5) is 10.6. The highest BCUT2D eigenvalue weighted by Gasteiger charge is 2.22. The van der Waals surface area contributed by atoms with Crippen LogP contribution in [-0.2, 0) is 0 Å². The molecule has 1 aliphatic rings. The summed E-state index contributed by atoms with van der Waals surface area (Å²) < 4.78 is 0. The molecule has 0 unspecified atom stereocenters. The van der Waals surface area contributed by atoms with Gasteiger partial charge in [-0.1, -0.05) is 31.0 Å². The fourth-order valence-corrected chi connectivity index (χ4v) is 3.83. The van der Waals surface area contributed by atoms with Crippen molar-refractivity contribution in [3.05, 3.63) is 60.8 Å². The Morgan fingerprint density at radius 1 is 0.933 bits per heavy atom. The number of benzene rings is 2. The maximum Gasteiger partial charge on any atom is 0.224 e. The van der Waals surface area contributed by atoms with E-state index in [1.807, 2.05) is 54.6 Å². The van der Waals surface area contributed by atoms with Gasteiger partial charge in [-0.3, -0.25) is 0 Å². The van der Waals surface area contributed by atoms with E-state index in [1.54, 1.807) is 11.0 Å². The molecule has 152 valence electrons. The molecule has 1 aliphatic carbocycles. The summed E-state index contributed by atoms with van der Waals surface area (Å²) in [7, 11) is 0. The van der Waals surface area contributed by atoms with Crippen LogP contribution in [0.2, 0.25) is 0 Å². The zero-order chi connectivity index (χ0) is 20.3. The van der Waals surface area contributed by atoms with Crippen molar-refractivity contribution in [3.63, 3.8) is 0 Å². The second-order valence-electron chi connectivity index (χ2n) is 7.62. The lowest BCUT2D eigenvalue weighted by molar-refractivity contribution is 0.402. The molecule has 1 saturated carbocycles. The zero-order valence-corrected chi connectivity index (χ0v) is 16.6. The Morgan fingerprint density at radius 2 is 1.73 bits per heavy atom. The predicted octanol–water partition coefficient (Wildman–Crippen LogP) is 3.64. The molecule has 8 nitrogen and oxygen atoms in total. The third kappa shape index (κ3) is 3.95. The largest absolute Gasteiger partial charge is 0.350 e. The van der Waals surface area contributed by atoms with Gasteiger partial charge in [-0.15, -0.1) is 10.2 Å². The van der Waals surface area contributed by atoms with Crippen LogP contribution in [0.5, 0.6) is 0 Å². The highest BCUT2D eigenvalue weighted by Crippen LogP contribution is 2.22. The van der Waals surface area contributed by atoms with Crippen LogP contribution in [0.25, 0.3) is 16.7 Å². The number of hydrogen-bond donors (Lipinski definition) is 3. The molecule has 8 heteroatoms. The van der Waals surface area contributed by atoms with Crippen LogP contribution >= 0.6 is 0 Å². The molecule has 0 spiro atoms. The summed E-state index contributed by atoms with van der Waals surface area (Å²) >= 11 is 0. The summed E-state index contributed by atoms with van der Waals surface area (Å²) in [5.74, 6) is 1.31. The smallest absolute Gasteiger partial charge is 0.224 e. The summed E-state index contributed by atoms with van der Waals surface area (Å²) in [6.45, 7) is 0. The molecule has 0 amide bonds. The topological polar surface area (TPSA) is 107 Å². The van der Waals surface area contributed by atoms with E-state index in [0.717, 1.165) is 35.2 Å². The van der Waals surface area contributed by atoms with Gasteiger partial charge in [0.2, 0.25) is 5.95 Å². The minimum atomic E-state index is 0.146. The van der Waals surface area contributed by atoms with E-state index >= 15 is 0 Å². The van der Waals surface area contributed by atoms with Gasteiger partial charge in [0.25, 0.3) is 0 Å². The van der Waals surface area contributed by atoms with Crippen LogP contribution < -0.4 is 16.4 Å². The Balaban J connectivity index is 1.34. The van der Waals surface area contributed by atoms with Gasteiger partial charge in [-0.05, 0) is 49.2 Å². The fourth-order valence-electron chi connectivity index (χ4n) is 3.83. The first-order chi connectivity index (χ1) is 14.7. The molecule has 1 fully saturated rings. The lowest BCUT2D eigenvalue weighted by Crippen LogP contribution is -2.42. The molecular formula is C22H24N8. The number of nitrogens with two attached hydrogens (primary N) is 1. The van der Waals surface area contributed by atoms with Crippen molar-refractivity contribution >= 4 is 28.5 Å². The van der Waals surface area contributed by atoms with Gasteiger partial charge in [-0.25, -0.2) is 4.98 Å². The van der Waals surface area contributed by atoms with Crippen molar-refractivity contribution in [2.45, 2.75) is 37.8 Å². The van der Waals surface area contributed by atoms with Crippen molar-refractivity contribution in [3.8, 4) is 5.69 Å². The van der Waals surface area contributed by atoms with Crippen molar-refractivity contribution in [2.75, 3.05) is 10.6 Å². The minimum Gasteiger partial charge on any atom is -0.350 e. The van der Waals surface area contributed by atoms with Gasteiger partial charge < -0.3 is 16.4 Å². The summed E-state index contributed by atoms with van der Waals surface area (Å²) in [6, 6.07) is 18.0. The monoisotopic (exact) mass is 400 g/mol. The Kier molecular flexibility index (Phi) is 4.98. The van der Waals surface area contributed by atoms with E-state index < -0.39 is 0 Å². The second-order valence-corrected chi connectivity index (χ2v) is 7.62. The quantitative estimate of drug-likeness (QED) is 0.469. The van der Waals surface area contributed by atoms with Gasteiger partial charge in [0.05, 0.1) is 5.69 Å². The normalized spacial score (nSPS) is 19.0. The predicted molar refractivity (Wildman–Crippen MR) is 118 cm³/mol. The molecule has 4 N–H and O–H groups in total.